The summed E-state index contributed by atoms with van der Waals surface area (Å²) in [6.45, 7) is 1.16. The van der Waals surface area contributed by atoms with Crippen molar-refractivity contribution in [2.45, 2.75) is 37.5 Å². The van der Waals surface area contributed by atoms with E-state index in [0.717, 1.165) is 24.1 Å². The molecule has 2 N–H and O–H groups in total. The number of aromatic amines is 1. The van der Waals surface area contributed by atoms with Crippen LogP contribution in [-0.2, 0) is 5.54 Å². The number of allylic oxidation sites excluding steroid dienone is 1. The minimum Gasteiger partial charge on any atom is -0.346 e. The zero-order valence-electron chi connectivity index (χ0n) is 20.0. The van der Waals surface area contributed by atoms with Gasteiger partial charge in [-0.1, -0.05) is 6.08 Å². The number of nitrogens with one attached hydrogen (secondary N) is 2. The van der Waals surface area contributed by atoms with Gasteiger partial charge in [-0.2, -0.15) is 23.5 Å². The summed E-state index contributed by atoms with van der Waals surface area (Å²) < 4.78 is 40.0. The van der Waals surface area contributed by atoms with Crippen molar-refractivity contribution < 1.29 is 18.0 Å². The molecule has 1 unspecified atom stereocenters. The van der Waals surface area contributed by atoms with Crippen LogP contribution in [0.4, 0.5) is 19.0 Å². The van der Waals surface area contributed by atoms with E-state index in [-0.39, 0.29) is 12.1 Å². The lowest BCUT2D eigenvalue weighted by molar-refractivity contribution is -0.149. The molecular weight excluding hydrogens is 501 g/mol. The van der Waals surface area contributed by atoms with Gasteiger partial charge in [0, 0.05) is 29.5 Å². The first-order chi connectivity index (χ1) is 18.2. The van der Waals surface area contributed by atoms with Crippen LogP contribution in [0.1, 0.15) is 30.3 Å². The summed E-state index contributed by atoms with van der Waals surface area (Å²) >= 11 is 0. The maximum absolute atomic E-state index is 12.8. The Bertz CT molecular complexity index is 1540. The molecule has 0 aliphatic carbocycles. The number of H-pyrrole nitrogens is 1. The molecule has 0 fully saturated rings. The fourth-order valence-corrected chi connectivity index (χ4v) is 4.26. The Morgan fingerprint density at radius 1 is 1.26 bits per heavy atom. The van der Waals surface area contributed by atoms with Crippen molar-refractivity contribution in [1.29, 1.82) is 5.26 Å². The third-order valence-electron chi connectivity index (χ3n) is 6.36. The van der Waals surface area contributed by atoms with E-state index in [4.69, 9.17) is 0 Å². The summed E-state index contributed by atoms with van der Waals surface area (Å²) in [5.41, 5.74) is 1.18. The van der Waals surface area contributed by atoms with Gasteiger partial charge in [-0.05, 0) is 19.4 Å². The number of rotatable bonds is 6. The largest absolute Gasteiger partial charge is 0.408 e. The molecule has 4 aromatic heterocycles. The quantitative estimate of drug-likeness (QED) is 0.393. The first-order valence-electron chi connectivity index (χ1n) is 11.5. The number of carbonyl (C=O) groups is 1. The number of alkyl halides is 3. The van der Waals surface area contributed by atoms with Gasteiger partial charge in [-0.15, -0.1) is 0 Å². The van der Waals surface area contributed by atoms with Crippen molar-refractivity contribution in [3.8, 4) is 17.3 Å². The average molecular weight is 522 g/mol. The fraction of sp³-hybridized carbons (Fsp3) is 0.292. The average Bonchev–Trinajstić information content (AvgIpc) is 3.59. The molecule has 1 aliphatic heterocycles. The minimum absolute atomic E-state index is 0.140. The third-order valence-corrected chi connectivity index (χ3v) is 6.36. The lowest BCUT2D eigenvalue weighted by Gasteiger charge is -2.38. The highest BCUT2D eigenvalue weighted by Crippen LogP contribution is 2.34. The van der Waals surface area contributed by atoms with Crippen molar-refractivity contribution in [3.05, 3.63) is 61.3 Å². The minimum atomic E-state index is -4.57. The Morgan fingerprint density at radius 2 is 2.11 bits per heavy atom. The SMILES string of the molecule is C[C@H](NC(=O)c1cnc(N2C=CCC(CC#N)(n3cc(-c4ncnc5[nH]ccc45)cn3)C2)cn1)C(F)(F)F. The van der Waals surface area contributed by atoms with Gasteiger partial charge in [0.2, 0.25) is 0 Å². The second-order valence-electron chi connectivity index (χ2n) is 8.91. The Hall–Kier alpha value is -4.80. The Labute approximate surface area is 214 Å². The highest BCUT2D eigenvalue weighted by atomic mass is 19.4. The molecule has 0 saturated carbocycles. The molecule has 4 aromatic rings. The monoisotopic (exact) mass is 522 g/mol. The fourth-order valence-electron chi connectivity index (χ4n) is 4.26. The molecule has 0 aromatic carbocycles. The van der Waals surface area contributed by atoms with Crippen LogP contribution in [0.3, 0.4) is 0 Å². The van der Waals surface area contributed by atoms with E-state index in [9.17, 15) is 23.2 Å². The molecule has 0 spiro atoms. The number of hydrogen-bond acceptors (Lipinski definition) is 8. The van der Waals surface area contributed by atoms with E-state index in [0.29, 0.717) is 30.1 Å². The summed E-state index contributed by atoms with van der Waals surface area (Å²) in [6.07, 6.45) is 8.94. The number of halogens is 3. The molecule has 1 aliphatic rings. The van der Waals surface area contributed by atoms with E-state index in [1.807, 2.05) is 23.7 Å². The third kappa shape index (κ3) is 4.65. The van der Waals surface area contributed by atoms with E-state index >= 15 is 0 Å². The Morgan fingerprint density at radius 3 is 2.84 bits per heavy atom. The molecule has 5 heterocycles. The van der Waals surface area contributed by atoms with Gasteiger partial charge in [0.15, 0.2) is 5.82 Å². The summed E-state index contributed by atoms with van der Waals surface area (Å²) in [4.78, 5) is 33.8. The molecule has 14 heteroatoms. The van der Waals surface area contributed by atoms with Gasteiger partial charge in [0.05, 0.1) is 48.9 Å². The van der Waals surface area contributed by atoms with E-state index < -0.39 is 23.7 Å². The number of hydrogen-bond donors (Lipinski definition) is 2. The predicted molar refractivity (Wildman–Crippen MR) is 129 cm³/mol. The summed E-state index contributed by atoms with van der Waals surface area (Å²) in [5.74, 6) is -0.617. The van der Waals surface area contributed by atoms with E-state index in [1.54, 1.807) is 28.2 Å². The van der Waals surface area contributed by atoms with Crippen LogP contribution in [0, 0.1) is 11.3 Å². The molecule has 11 nitrogen and oxygen atoms in total. The van der Waals surface area contributed by atoms with Gasteiger partial charge in [-0.25, -0.2) is 19.9 Å². The Balaban J connectivity index is 1.38. The summed E-state index contributed by atoms with van der Waals surface area (Å²) in [5, 5.41) is 16.9. The number of nitrogens with zero attached hydrogens (tertiary/aromatic N) is 8. The maximum atomic E-state index is 12.8. The maximum Gasteiger partial charge on any atom is 0.408 e. The van der Waals surface area contributed by atoms with Crippen molar-refractivity contribution in [1.82, 2.24) is 40.0 Å². The van der Waals surface area contributed by atoms with Crippen LogP contribution in [-0.4, -0.2) is 59.4 Å². The molecule has 2 atom stereocenters. The van der Waals surface area contributed by atoms with E-state index in [1.165, 1.54) is 12.5 Å². The molecule has 194 valence electrons. The number of carbonyl (C=O) groups excluding carboxylic acids is 1. The highest BCUT2D eigenvalue weighted by molar-refractivity contribution is 5.92. The first kappa shape index (κ1) is 24.9. The second-order valence-corrected chi connectivity index (χ2v) is 8.91. The highest BCUT2D eigenvalue weighted by Gasteiger charge is 2.38. The van der Waals surface area contributed by atoms with Crippen LogP contribution < -0.4 is 10.2 Å². The van der Waals surface area contributed by atoms with Crippen LogP contribution in [0.2, 0.25) is 0 Å². The van der Waals surface area contributed by atoms with Gasteiger partial charge < -0.3 is 15.2 Å². The predicted octanol–water partition coefficient (Wildman–Crippen LogP) is 3.32. The van der Waals surface area contributed by atoms with Gasteiger partial charge in [0.25, 0.3) is 5.91 Å². The molecule has 0 saturated heterocycles. The van der Waals surface area contributed by atoms with Crippen LogP contribution in [0.25, 0.3) is 22.3 Å². The zero-order valence-corrected chi connectivity index (χ0v) is 20.0. The van der Waals surface area contributed by atoms with Crippen LogP contribution in [0.5, 0.6) is 0 Å². The van der Waals surface area contributed by atoms with Crippen molar-refractivity contribution >= 4 is 22.8 Å². The van der Waals surface area contributed by atoms with E-state index in [2.05, 4.69) is 36.1 Å². The number of amides is 1. The topological polar surface area (TPSA) is 141 Å². The van der Waals surface area contributed by atoms with Gasteiger partial charge in [0.1, 0.15) is 23.7 Å². The standard InChI is InChI=1S/C24H21F3N10O/c1-15(24(25,26)27)35-22(38)18-10-31-19(11-30-18)36-8-2-4-23(13-36,5-6-28)37-12-16(9-34-37)20-17-3-7-29-21(17)33-14-32-20/h2-3,7-12,14-15H,4-5,13H2,1H3,(H,35,38)(H,29,32,33)/t15-,23?/m0/s1. The Kier molecular flexibility index (Phi) is 6.27. The van der Waals surface area contributed by atoms with Crippen molar-refractivity contribution in [2.75, 3.05) is 11.4 Å². The second kappa shape index (κ2) is 9.58. The molecule has 1 amide bonds. The lowest BCUT2D eigenvalue weighted by Crippen LogP contribution is -2.46. The smallest absolute Gasteiger partial charge is 0.346 e. The van der Waals surface area contributed by atoms with Crippen LogP contribution in [0.15, 0.2) is 55.7 Å². The molecule has 0 radical (unpaired) electrons. The number of aromatic nitrogens is 7. The number of fused-ring (bicyclic) bond motifs is 1. The molecule has 38 heavy (non-hydrogen) atoms. The van der Waals surface area contributed by atoms with Crippen molar-refractivity contribution in [2.24, 2.45) is 0 Å². The molecule has 0 bridgehead atoms. The van der Waals surface area contributed by atoms with Crippen LogP contribution >= 0.6 is 0 Å². The van der Waals surface area contributed by atoms with Gasteiger partial charge in [-0.3, -0.25) is 9.48 Å². The number of anilines is 1. The molecular formula is C24H21F3N10O. The zero-order chi connectivity index (χ0) is 26.9. The lowest BCUT2D eigenvalue weighted by atomic mass is 9.89. The molecule has 5 rings (SSSR count). The first-order valence-corrected chi connectivity index (χ1v) is 11.5. The summed E-state index contributed by atoms with van der Waals surface area (Å²) in [7, 11) is 0. The normalized spacial score (nSPS) is 18.3. The van der Waals surface area contributed by atoms with Crippen molar-refractivity contribution in [3.63, 3.8) is 0 Å². The van der Waals surface area contributed by atoms with Gasteiger partial charge >= 0.3 is 6.18 Å². The number of nitriles is 1. The summed E-state index contributed by atoms with van der Waals surface area (Å²) in [6, 6.07) is 2.10.